The number of urea groups is 1. The second-order valence-corrected chi connectivity index (χ2v) is 6.39. The second-order valence-electron chi connectivity index (χ2n) is 4.16. The maximum absolute atomic E-state index is 11.3. The first-order valence-corrected chi connectivity index (χ1v) is 7.28. The molecule has 1 aliphatic heterocycles. The van der Waals surface area contributed by atoms with Crippen LogP contribution in [0.15, 0.2) is 0 Å². The molecule has 0 aliphatic carbocycles. The summed E-state index contributed by atoms with van der Waals surface area (Å²) in [6.07, 6.45) is -0.620. The molecule has 1 saturated heterocycles. The maximum atomic E-state index is 11.3. The third kappa shape index (κ3) is 4.88. The summed E-state index contributed by atoms with van der Waals surface area (Å²) in [4.78, 5) is 21.6. The molecule has 1 unspecified atom stereocenters. The van der Waals surface area contributed by atoms with Crippen LogP contribution in [-0.4, -0.2) is 60.8 Å². The van der Waals surface area contributed by atoms with E-state index < -0.39 is 40.5 Å². The fourth-order valence-corrected chi connectivity index (χ4v) is 3.29. The van der Waals surface area contributed by atoms with Gasteiger partial charge in [0.05, 0.1) is 18.1 Å². The zero-order valence-corrected chi connectivity index (χ0v) is 10.4. The van der Waals surface area contributed by atoms with Crippen molar-refractivity contribution in [3.05, 3.63) is 0 Å². The lowest BCUT2D eigenvalue weighted by Gasteiger charge is -2.23. The van der Waals surface area contributed by atoms with Crippen molar-refractivity contribution in [2.45, 2.75) is 25.0 Å². The van der Waals surface area contributed by atoms with E-state index in [1.54, 1.807) is 0 Å². The standard InChI is InChI=1S/C9H16N2O6S/c12-7(8(13)14)4-10-9(15)11-6-2-1-3-18(16,17)5-6/h6-7,12H,1-5H2,(H,13,14)(H2,10,11,15)/t6?,7-/m0/s1. The Bertz CT molecular complexity index is 421. The molecule has 1 rings (SSSR count). The van der Waals surface area contributed by atoms with Crippen molar-refractivity contribution in [1.82, 2.24) is 10.6 Å². The zero-order valence-electron chi connectivity index (χ0n) is 9.63. The fourth-order valence-electron chi connectivity index (χ4n) is 1.65. The van der Waals surface area contributed by atoms with Crippen LogP contribution in [0.5, 0.6) is 0 Å². The van der Waals surface area contributed by atoms with Crippen molar-refractivity contribution in [2.75, 3.05) is 18.1 Å². The van der Waals surface area contributed by atoms with Crippen LogP contribution in [-0.2, 0) is 14.6 Å². The van der Waals surface area contributed by atoms with E-state index in [4.69, 9.17) is 10.2 Å². The predicted molar refractivity (Wildman–Crippen MR) is 61.9 cm³/mol. The molecule has 1 heterocycles. The minimum absolute atomic E-state index is 0.109. The summed E-state index contributed by atoms with van der Waals surface area (Å²) < 4.78 is 22.6. The minimum atomic E-state index is -3.11. The normalized spacial score (nSPS) is 23.9. The number of aliphatic hydroxyl groups is 1. The molecule has 0 bridgehead atoms. The largest absolute Gasteiger partial charge is 0.479 e. The molecule has 4 N–H and O–H groups in total. The third-order valence-corrected chi connectivity index (χ3v) is 4.36. The lowest BCUT2D eigenvalue weighted by Crippen LogP contribution is -2.49. The van der Waals surface area contributed by atoms with Gasteiger partial charge in [0, 0.05) is 6.04 Å². The van der Waals surface area contributed by atoms with E-state index in [1.807, 2.05) is 0 Å². The summed E-state index contributed by atoms with van der Waals surface area (Å²) in [5.41, 5.74) is 0. The van der Waals surface area contributed by atoms with Crippen molar-refractivity contribution in [1.29, 1.82) is 0 Å². The van der Waals surface area contributed by atoms with Gasteiger partial charge in [0.25, 0.3) is 0 Å². The average Bonchev–Trinajstić information content (AvgIpc) is 2.24. The van der Waals surface area contributed by atoms with Gasteiger partial charge >= 0.3 is 12.0 Å². The summed E-state index contributed by atoms with van der Waals surface area (Å²) in [6, 6.07) is -1.15. The Morgan fingerprint density at radius 1 is 1.39 bits per heavy atom. The fraction of sp³-hybridized carbons (Fsp3) is 0.778. The van der Waals surface area contributed by atoms with Gasteiger partial charge in [-0.1, -0.05) is 0 Å². The first-order valence-electron chi connectivity index (χ1n) is 5.46. The Hall–Kier alpha value is -1.35. The number of carboxylic acid groups (broad SMARTS) is 1. The number of hydrogen-bond acceptors (Lipinski definition) is 5. The van der Waals surface area contributed by atoms with Crippen molar-refractivity contribution in [2.24, 2.45) is 0 Å². The number of nitrogens with one attached hydrogen (secondary N) is 2. The van der Waals surface area contributed by atoms with Crippen LogP contribution in [0.1, 0.15) is 12.8 Å². The highest BCUT2D eigenvalue weighted by atomic mass is 32.2. The van der Waals surface area contributed by atoms with E-state index in [0.29, 0.717) is 12.8 Å². The van der Waals surface area contributed by atoms with Gasteiger partial charge in [0.1, 0.15) is 0 Å². The molecule has 0 aromatic carbocycles. The monoisotopic (exact) mass is 280 g/mol. The van der Waals surface area contributed by atoms with Gasteiger partial charge in [-0.15, -0.1) is 0 Å². The number of aliphatic hydroxyl groups excluding tert-OH is 1. The Kier molecular flexibility index (Phi) is 4.91. The molecule has 104 valence electrons. The lowest BCUT2D eigenvalue weighted by atomic mass is 10.2. The van der Waals surface area contributed by atoms with E-state index in [1.165, 1.54) is 0 Å². The van der Waals surface area contributed by atoms with Crippen LogP contribution in [0.4, 0.5) is 4.79 Å². The summed E-state index contributed by atoms with van der Waals surface area (Å²) >= 11 is 0. The number of rotatable bonds is 4. The van der Waals surface area contributed by atoms with Crippen molar-refractivity contribution in [3.63, 3.8) is 0 Å². The molecule has 2 atom stereocenters. The third-order valence-electron chi connectivity index (χ3n) is 2.54. The molecule has 9 heteroatoms. The molecule has 0 aromatic rings. The van der Waals surface area contributed by atoms with Crippen LogP contribution in [0.2, 0.25) is 0 Å². The molecule has 0 aromatic heterocycles. The van der Waals surface area contributed by atoms with Crippen LogP contribution < -0.4 is 10.6 Å². The van der Waals surface area contributed by atoms with Gasteiger partial charge < -0.3 is 20.8 Å². The Labute approximate surface area is 104 Å². The van der Waals surface area contributed by atoms with Crippen molar-refractivity contribution >= 4 is 21.8 Å². The zero-order chi connectivity index (χ0) is 13.8. The van der Waals surface area contributed by atoms with Crippen molar-refractivity contribution < 1.29 is 28.2 Å². The number of amides is 2. The highest BCUT2D eigenvalue weighted by Crippen LogP contribution is 2.11. The molecule has 1 fully saturated rings. The van der Waals surface area contributed by atoms with Gasteiger partial charge in [-0.3, -0.25) is 0 Å². The number of aliphatic carboxylic acids is 1. The van der Waals surface area contributed by atoms with Gasteiger partial charge in [0.2, 0.25) is 0 Å². The van der Waals surface area contributed by atoms with Crippen LogP contribution in [0, 0.1) is 0 Å². The van der Waals surface area contributed by atoms with Gasteiger partial charge in [-0.25, -0.2) is 18.0 Å². The van der Waals surface area contributed by atoms with E-state index in [0.717, 1.165) is 0 Å². The number of carboxylic acids is 1. The van der Waals surface area contributed by atoms with Crippen LogP contribution in [0.25, 0.3) is 0 Å². The molecule has 1 aliphatic rings. The first-order chi connectivity index (χ1) is 8.30. The molecule has 8 nitrogen and oxygen atoms in total. The Morgan fingerprint density at radius 2 is 2.06 bits per heavy atom. The number of sulfone groups is 1. The smallest absolute Gasteiger partial charge is 0.334 e. The highest BCUT2D eigenvalue weighted by molar-refractivity contribution is 7.91. The SMILES string of the molecule is O=C(NC[C@H](O)C(=O)O)NC1CCCS(=O)(=O)C1. The second kappa shape index (κ2) is 6.01. The molecule has 0 saturated carbocycles. The van der Waals surface area contributed by atoms with E-state index in [2.05, 4.69) is 10.6 Å². The first kappa shape index (κ1) is 14.7. The van der Waals surface area contributed by atoms with Crippen LogP contribution in [0.3, 0.4) is 0 Å². The molecule has 0 spiro atoms. The molecule has 0 radical (unpaired) electrons. The molecule has 18 heavy (non-hydrogen) atoms. The summed E-state index contributed by atoms with van der Waals surface area (Å²) in [7, 11) is -3.11. The topological polar surface area (TPSA) is 133 Å². The molecular weight excluding hydrogens is 264 g/mol. The van der Waals surface area contributed by atoms with Crippen LogP contribution >= 0.6 is 0 Å². The predicted octanol–water partition coefficient (Wildman–Crippen LogP) is -1.69. The number of carbonyl (C=O) groups excluding carboxylic acids is 1. The molecular formula is C9H16N2O6S. The van der Waals surface area contributed by atoms with Gasteiger partial charge in [-0.05, 0) is 12.8 Å². The summed E-state index contributed by atoms with van der Waals surface area (Å²) in [5.74, 6) is -1.41. The molecule has 2 amide bonds. The average molecular weight is 280 g/mol. The Morgan fingerprint density at radius 3 is 2.61 bits per heavy atom. The highest BCUT2D eigenvalue weighted by Gasteiger charge is 2.26. The van der Waals surface area contributed by atoms with Crippen molar-refractivity contribution in [3.8, 4) is 0 Å². The quantitative estimate of drug-likeness (QED) is 0.485. The lowest BCUT2D eigenvalue weighted by molar-refractivity contribution is -0.146. The maximum Gasteiger partial charge on any atom is 0.334 e. The number of carbonyl (C=O) groups is 2. The summed E-state index contributed by atoms with van der Waals surface area (Å²) in [6.45, 7) is -0.430. The van der Waals surface area contributed by atoms with Gasteiger partial charge in [0.15, 0.2) is 15.9 Å². The minimum Gasteiger partial charge on any atom is -0.479 e. The van der Waals surface area contributed by atoms with E-state index in [-0.39, 0.29) is 11.5 Å². The van der Waals surface area contributed by atoms with Gasteiger partial charge in [-0.2, -0.15) is 0 Å². The summed E-state index contributed by atoms with van der Waals surface area (Å²) in [5, 5.41) is 21.9. The van der Waals surface area contributed by atoms with E-state index in [9.17, 15) is 18.0 Å². The van der Waals surface area contributed by atoms with E-state index >= 15 is 0 Å². The number of hydrogen-bond donors (Lipinski definition) is 4. The Balaban J connectivity index is 2.34.